The van der Waals surface area contributed by atoms with Crippen molar-refractivity contribution in [2.24, 2.45) is 0 Å². The predicted molar refractivity (Wildman–Crippen MR) is 87.6 cm³/mol. The number of nitrogens with zero attached hydrogens (tertiary/aromatic N) is 4. The molecule has 0 radical (unpaired) electrons. The minimum atomic E-state index is -0.263. The molecule has 0 aliphatic heterocycles. The molecule has 0 aliphatic rings. The van der Waals surface area contributed by atoms with E-state index in [1.807, 2.05) is 24.9 Å². The number of anilines is 2. The second-order valence-corrected chi connectivity index (χ2v) is 5.25. The summed E-state index contributed by atoms with van der Waals surface area (Å²) in [6, 6.07) is 5.61. The third-order valence-corrected chi connectivity index (χ3v) is 3.23. The summed E-state index contributed by atoms with van der Waals surface area (Å²) in [7, 11) is 3.72. The second-order valence-electron chi connectivity index (χ2n) is 5.25. The van der Waals surface area contributed by atoms with Crippen molar-refractivity contribution in [2.45, 2.75) is 6.54 Å². The quantitative estimate of drug-likeness (QED) is 0.751. The number of hydrogen-bond donors (Lipinski definition) is 2. The van der Waals surface area contributed by atoms with Gasteiger partial charge in [-0.25, -0.2) is 9.78 Å². The standard InChI is InChI=1S/C15H18N6O2/c1-20(2)15-19-12-9-11(3-4-13(12)23-15)18-14(22)17-6-8-21-7-5-16-10-21/h3-5,7,9-10H,6,8H2,1-2H3,(H2,17,18,22). The molecule has 3 rings (SSSR count). The van der Waals surface area contributed by atoms with Gasteiger partial charge in [-0.1, -0.05) is 0 Å². The molecule has 8 nitrogen and oxygen atoms in total. The Hall–Kier alpha value is -3.03. The Kier molecular flexibility index (Phi) is 4.13. The predicted octanol–water partition coefficient (Wildman–Crippen LogP) is 1.91. The topological polar surface area (TPSA) is 88.2 Å². The van der Waals surface area contributed by atoms with Gasteiger partial charge in [-0.2, -0.15) is 4.98 Å². The summed E-state index contributed by atoms with van der Waals surface area (Å²) in [4.78, 5) is 22.0. The van der Waals surface area contributed by atoms with Crippen molar-refractivity contribution in [3.63, 3.8) is 0 Å². The van der Waals surface area contributed by atoms with Crippen LogP contribution in [-0.2, 0) is 6.54 Å². The number of hydrogen-bond acceptors (Lipinski definition) is 5. The summed E-state index contributed by atoms with van der Waals surface area (Å²) in [5.74, 6) is 0. The molecular weight excluding hydrogens is 296 g/mol. The van der Waals surface area contributed by atoms with E-state index in [0.717, 1.165) is 0 Å². The summed E-state index contributed by atoms with van der Waals surface area (Å²) in [6.07, 6.45) is 5.26. The van der Waals surface area contributed by atoms with E-state index < -0.39 is 0 Å². The van der Waals surface area contributed by atoms with Crippen LogP contribution in [0.15, 0.2) is 41.3 Å². The fraction of sp³-hybridized carbons (Fsp3) is 0.267. The van der Waals surface area contributed by atoms with E-state index >= 15 is 0 Å². The van der Waals surface area contributed by atoms with Crippen LogP contribution in [0.2, 0.25) is 0 Å². The van der Waals surface area contributed by atoms with E-state index in [1.54, 1.807) is 35.6 Å². The van der Waals surface area contributed by atoms with E-state index in [4.69, 9.17) is 4.42 Å². The molecule has 120 valence electrons. The molecule has 3 aromatic rings. The SMILES string of the molecule is CN(C)c1nc2cc(NC(=O)NCCn3ccnc3)ccc2o1. The van der Waals surface area contributed by atoms with E-state index in [1.165, 1.54) is 0 Å². The molecule has 8 heteroatoms. The van der Waals surface area contributed by atoms with Crippen molar-refractivity contribution in [2.75, 3.05) is 30.9 Å². The highest BCUT2D eigenvalue weighted by molar-refractivity contribution is 5.91. The molecule has 0 bridgehead atoms. The average molecular weight is 314 g/mol. The van der Waals surface area contributed by atoms with Crippen LogP contribution in [0.5, 0.6) is 0 Å². The van der Waals surface area contributed by atoms with Crippen LogP contribution in [0.3, 0.4) is 0 Å². The number of imidazole rings is 1. The molecule has 2 aromatic heterocycles. The first-order chi connectivity index (χ1) is 11.1. The summed E-state index contributed by atoms with van der Waals surface area (Å²) in [5.41, 5.74) is 2.04. The second kappa shape index (κ2) is 6.39. The highest BCUT2D eigenvalue weighted by Gasteiger charge is 2.09. The smallest absolute Gasteiger partial charge is 0.319 e. The Labute approximate surface area is 133 Å². The van der Waals surface area contributed by atoms with Crippen LogP contribution >= 0.6 is 0 Å². The van der Waals surface area contributed by atoms with Crippen molar-refractivity contribution in [3.05, 3.63) is 36.9 Å². The number of fused-ring (bicyclic) bond motifs is 1. The molecule has 0 unspecified atom stereocenters. The average Bonchev–Trinajstić information content (AvgIpc) is 3.15. The molecule has 0 fully saturated rings. The molecule has 0 spiro atoms. The fourth-order valence-corrected chi connectivity index (χ4v) is 2.08. The van der Waals surface area contributed by atoms with Gasteiger partial charge in [0.2, 0.25) is 0 Å². The van der Waals surface area contributed by atoms with Gasteiger partial charge in [0.25, 0.3) is 6.01 Å². The number of carbonyl (C=O) groups is 1. The Bertz CT molecular complexity index is 794. The van der Waals surface area contributed by atoms with Crippen LogP contribution < -0.4 is 15.5 Å². The minimum absolute atomic E-state index is 0.263. The summed E-state index contributed by atoms with van der Waals surface area (Å²) < 4.78 is 7.47. The number of urea groups is 1. The Balaban J connectivity index is 1.58. The fourth-order valence-electron chi connectivity index (χ4n) is 2.08. The number of nitrogens with one attached hydrogen (secondary N) is 2. The van der Waals surface area contributed by atoms with Gasteiger partial charge < -0.3 is 24.5 Å². The molecule has 1 aromatic carbocycles. The van der Waals surface area contributed by atoms with Gasteiger partial charge in [0.1, 0.15) is 5.52 Å². The van der Waals surface area contributed by atoms with E-state index in [2.05, 4.69) is 20.6 Å². The van der Waals surface area contributed by atoms with Crippen molar-refractivity contribution in [1.82, 2.24) is 19.9 Å². The summed E-state index contributed by atoms with van der Waals surface area (Å²) >= 11 is 0. The number of oxazole rings is 1. The lowest BCUT2D eigenvalue weighted by molar-refractivity contribution is 0.251. The zero-order chi connectivity index (χ0) is 16.2. The zero-order valence-electron chi connectivity index (χ0n) is 13.0. The first-order valence-electron chi connectivity index (χ1n) is 7.20. The van der Waals surface area contributed by atoms with Crippen molar-refractivity contribution in [1.29, 1.82) is 0 Å². The van der Waals surface area contributed by atoms with Gasteiger partial charge in [0.05, 0.1) is 6.33 Å². The highest BCUT2D eigenvalue weighted by atomic mass is 16.4. The maximum Gasteiger partial charge on any atom is 0.319 e. The molecule has 2 heterocycles. The molecule has 2 N–H and O–H groups in total. The molecule has 0 saturated carbocycles. The maximum atomic E-state index is 11.9. The molecule has 0 atom stereocenters. The number of carbonyl (C=O) groups excluding carboxylic acids is 1. The molecule has 0 aliphatic carbocycles. The van der Waals surface area contributed by atoms with Crippen molar-refractivity contribution < 1.29 is 9.21 Å². The van der Waals surface area contributed by atoms with Crippen LogP contribution in [0.1, 0.15) is 0 Å². The number of aromatic nitrogens is 3. The van der Waals surface area contributed by atoms with Crippen molar-refractivity contribution in [3.8, 4) is 0 Å². The van der Waals surface area contributed by atoms with Crippen LogP contribution in [0, 0.1) is 0 Å². The van der Waals surface area contributed by atoms with Crippen LogP contribution in [0.4, 0.5) is 16.5 Å². The Morgan fingerprint density at radius 3 is 3.00 bits per heavy atom. The molecule has 0 saturated heterocycles. The Morgan fingerprint density at radius 2 is 2.26 bits per heavy atom. The van der Waals surface area contributed by atoms with Crippen LogP contribution in [-0.4, -0.2) is 41.2 Å². The largest absolute Gasteiger partial charge is 0.423 e. The monoisotopic (exact) mass is 314 g/mol. The van der Waals surface area contributed by atoms with Gasteiger partial charge in [-0.05, 0) is 18.2 Å². The van der Waals surface area contributed by atoms with Gasteiger partial charge in [-0.3, -0.25) is 0 Å². The first-order valence-corrected chi connectivity index (χ1v) is 7.20. The molecular formula is C15H18N6O2. The third-order valence-electron chi connectivity index (χ3n) is 3.23. The zero-order valence-corrected chi connectivity index (χ0v) is 13.0. The number of amides is 2. The normalized spacial score (nSPS) is 10.7. The van der Waals surface area contributed by atoms with Crippen molar-refractivity contribution >= 4 is 28.8 Å². The first kappa shape index (κ1) is 14.9. The van der Waals surface area contributed by atoms with Gasteiger partial charge in [-0.15, -0.1) is 0 Å². The third kappa shape index (κ3) is 3.60. The lowest BCUT2D eigenvalue weighted by atomic mass is 10.3. The van der Waals surface area contributed by atoms with E-state index in [9.17, 15) is 4.79 Å². The van der Waals surface area contributed by atoms with E-state index in [-0.39, 0.29) is 6.03 Å². The Morgan fingerprint density at radius 1 is 1.39 bits per heavy atom. The lowest BCUT2D eigenvalue weighted by Gasteiger charge is -2.07. The van der Waals surface area contributed by atoms with Crippen LogP contribution in [0.25, 0.3) is 11.1 Å². The number of rotatable bonds is 5. The van der Waals surface area contributed by atoms with Gasteiger partial charge in [0, 0.05) is 45.3 Å². The minimum Gasteiger partial charge on any atom is -0.423 e. The lowest BCUT2D eigenvalue weighted by Crippen LogP contribution is -2.31. The maximum absolute atomic E-state index is 11.9. The van der Waals surface area contributed by atoms with E-state index in [0.29, 0.717) is 35.9 Å². The highest BCUT2D eigenvalue weighted by Crippen LogP contribution is 2.23. The number of benzene rings is 1. The molecule has 2 amide bonds. The van der Waals surface area contributed by atoms with Gasteiger partial charge >= 0.3 is 6.03 Å². The summed E-state index contributed by atoms with van der Waals surface area (Å²) in [6.45, 7) is 1.18. The molecule has 23 heavy (non-hydrogen) atoms. The summed E-state index contributed by atoms with van der Waals surface area (Å²) in [5, 5.41) is 5.57. The van der Waals surface area contributed by atoms with Gasteiger partial charge in [0.15, 0.2) is 5.58 Å².